The van der Waals surface area contributed by atoms with Gasteiger partial charge in [-0.25, -0.2) is 8.42 Å². The highest BCUT2D eigenvalue weighted by Gasteiger charge is 2.45. The fraction of sp³-hybridized carbons (Fsp3) is 0.300. The van der Waals surface area contributed by atoms with Crippen molar-refractivity contribution in [3.63, 3.8) is 0 Å². The fourth-order valence-corrected chi connectivity index (χ4v) is 2.98. The average molecular weight is 313 g/mol. The van der Waals surface area contributed by atoms with E-state index in [2.05, 4.69) is 5.10 Å². The van der Waals surface area contributed by atoms with Crippen LogP contribution in [0.3, 0.4) is 0 Å². The molecule has 0 fully saturated rings. The van der Waals surface area contributed by atoms with Crippen molar-refractivity contribution in [2.24, 2.45) is 5.10 Å². The summed E-state index contributed by atoms with van der Waals surface area (Å²) >= 11 is 5.62. The van der Waals surface area contributed by atoms with Crippen LogP contribution in [0, 0.1) is 0 Å². The number of nitrogens with one attached hydrogen (secondary N) is 1. The minimum absolute atomic E-state index is 0.139. The summed E-state index contributed by atoms with van der Waals surface area (Å²) in [4.78, 5) is -0.139. The van der Waals surface area contributed by atoms with E-state index in [1.54, 1.807) is 5.43 Å². The molecule has 0 spiro atoms. The molecule has 0 aromatic heterocycles. The number of alkyl halides is 3. The zero-order valence-corrected chi connectivity index (χ0v) is 10.9. The molecule has 0 bridgehead atoms. The Bertz CT molecular complexity index is 611. The van der Waals surface area contributed by atoms with Crippen molar-refractivity contribution in [1.82, 2.24) is 5.43 Å². The highest BCUT2D eigenvalue weighted by Crippen LogP contribution is 2.28. The lowest BCUT2D eigenvalue weighted by Gasteiger charge is -2.13. The Morgan fingerprint density at radius 1 is 1.26 bits per heavy atom. The van der Waals surface area contributed by atoms with Gasteiger partial charge in [-0.2, -0.15) is 18.3 Å². The SMILES string of the molecule is O=S(=O)(C1=NNC(C(F)(F)F)C1)c1ccc(Cl)cc1. The van der Waals surface area contributed by atoms with Gasteiger partial charge in [-0.05, 0) is 24.3 Å². The second kappa shape index (κ2) is 4.68. The van der Waals surface area contributed by atoms with Gasteiger partial charge in [0.1, 0.15) is 6.04 Å². The lowest BCUT2D eigenvalue weighted by molar-refractivity contribution is -0.151. The molecule has 4 nitrogen and oxygen atoms in total. The first-order valence-electron chi connectivity index (χ1n) is 5.11. The van der Waals surface area contributed by atoms with Gasteiger partial charge < -0.3 is 0 Å². The summed E-state index contributed by atoms with van der Waals surface area (Å²) in [5.74, 6) is 0. The Hall–Kier alpha value is -1.28. The maximum Gasteiger partial charge on any atom is 0.410 e. The van der Waals surface area contributed by atoms with E-state index >= 15 is 0 Å². The topological polar surface area (TPSA) is 58.5 Å². The fourth-order valence-electron chi connectivity index (χ4n) is 1.52. The number of nitrogens with zero attached hydrogens (tertiary/aromatic N) is 1. The van der Waals surface area contributed by atoms with Crippen molar-refractivity contribution in [1.29, 1.82) is 0 Å². The molecule has 1 N–H and O–H groups in total. The Balaban J connectivity index is 2.26. The van der Waals surface area contributed by atoms with Crippen LogP contribution < -0.4 is 5.43 Å². The molecule has 1 heterocycles. The Labute approximate surface area is 112 Å². The van der Waals surface area contributed by atoms with Gasteiger partial charge in [-0.1, -0.05) is 11.6 Å². The number of hydrazone groups is 1. The summed E-state index contributed by atoms with van der Waals surface area (Å²) in [6, 6.07) is 3.17. The largest absolute Gasteiger partial charge is 0.410 e. The number of sulfone groups is 1. The van der Waals surface area contributed by atoms with Crippen LogP contribution in [0.1, 0.15) is 6.42 Å². The average Bonchev–Trinajstić information content (AvgIpc) is 2.79. The van der Waals surface area contributed by atoms with Crippen LogP contribution in [0.4, 0.5) is 13.2 Å². The number of benzene rings is 1. The second-order valence-corrected chi connectivity index (χ2v) is 6.28. The Kier molecular flexibility index (Phi) is 3.48. The number of halogens is 4. The van der Waals surface area contributed by atoms with Crippen molar-refractivity contribution in [2.75, 3.05) is 0 Å². The van der Waals surface area contributed by atoms with E-state index in [0.29, 0.717) is 5.02 Å². The molecule has 1 atom stereocenters. The van der Waals surface area contributed by atoms with Crippen LogP contribution in [0.2, 0.25) is 5.02 Å². The lowest BCUT2D eigenvalue weighted by atomic mass is 10.2. The summed E-state index contributed by atoms with van der Waals surface area (Å²) in [6.45, 7) is 0. The first-order chi connectivity index (χ1) is 8.71. The molecule has 1 aromatic carbocycles. The van der Waals surface area contributed by atoms with Gasteiger partial charge in [-0.15, -0.1) is 0 Å². The van der Waals surface area contributed by atoms with Crippen molar-refractivity contribution < 1.29 is 21.6 Å². The molecule has 1 unspecified atom stereocenters. The van der Waals surface area contributed by atoms with E-state index in [0.717, 1.165) is 0 Å². The molecule has 1 aromatic rings. The van der Waals surface area contributed by atoms with Crippen LogP contribution in [-0.4, -0.2) is 25.7 Å². The van der Waals surface area contributed by atoms with E-state index in [4.69, 9.17) is 11.6 Å². The molecule has 19 heavy (non-hydrogen) atoms. The van der Waals surface area contributed by atoms with Crippen LogP contribution in [0.5, 0.6) is 0 Å². The third-order valence-corrected chi connectivity index (χ3v) is 4.58. The van der Waals surface area contributed by atoms with Crippen LogP contribution in [-0.2, 0) is 9.84 Å². The first-order valence-corrected chi connectivity index (χ1v) is 6.97. The molecule has 0 aliphatic carbocycles. The third kappa shape index (κ3) is 2.84. The van der Waals surface area contributed by atoms with E-state index in [-0.39, 0.29) is 4.90 Å². The highest BCUT2D eigenvalue weighted by molar-refractivity contribution is 8.06. The zero-order valence-electron chi connectivity index (χ0n) is 9.28. The summed E-state index contributed by atoms with van der Waals surface area (Å²) in [6.07, 6.45) is -5.25. The molecule has 9 heteroatoms. The smallest absolute Gasteiger partial charge is 0.296 e. The van der Waals surface area contributed by atoms with Gasteiger partial charge in [0.15, 0.2) is 5.04 Å². The Morgan fingerprint density at radius 3 is 2.32 bits per heavy atom. The molecule has 1 aliphatic rings. The van der Waals surface area contributed by atoms with Gasteiger partial charge >= 0.3 is 6.18 Å². The van der Waals surface area contributed by atoms with Crippen molar-refractivity contribution >= 4 is 26.5 Å². The summed E-state index contributed by atoms with van der Waals surface area (Å²) in [5, 5.41) is 3.08. The van der Waals surface area contributed by atoms with E-state index in [1.807, 2.05) is 0 Å². The number of rotatable bonds is 1. The standard InChI is InChI=1S/C10H8ClF3N2O2S/c11-6-1-3-7(4-2-6)19(17,18)9-5-8(15-16-9)10(12,13)14/h1-4,8,15H,5H2. The van der Waals surface area contributed by atoms with Crippen molar-refractivity contribution in [3.05, 3.63) is 29.3 Å². The monoisotopic (exact) mass is 312 g/mol. The third-order valence-electron chi connectivity index (χ3n) is 2.55. The molecule has 2 rings (SSSR count). The van der Waals surface area contributed by atoms with Crippen LogP contribution in [0.25, 0.3) is 0 Å². The predicted molar refractivity (Wildman–Crippen MR) is 63.7 cm³/mol. The summed E-state index contributed by atoms with van der Waals surface area (Å²) in [7, 11) is -4.02. The van der Waals surface area contributed by atoms with Gasteiger partial charge in [0.2, 0.25) is 9.84 Å². The van der Waals surface area contributed by atoms with Crippen LogP contribution in [0.15, 0.2) is 34.3 Å². The quantitative estimate of drug-likeness (QED) is 0.866. The normalized spacial score (nSPS) is 20.0. The van der Waals surface area contributed by atoms with Crippen molar-refractivity contribution in [2.45, 2.75) is 23.5 Å². The molecule has 0 saturated heterocycles. The molecular weight excluding hydrogens is 305 g/mol. The maximum absolute atomic E-state index is 12.4. The maximum atomic E-state index is 12.4. The highest BCUT2D eigenvalue weighted by atomic mass is 35.5. The van der Waals surface area contributed by atoms with E-state index in [1.165, 1.54) is 24.3 Å². The number of hydrogen-bond acceptors (Lipinski definition) is 4. The zero-order chi connectivity index (χ0) is 14.3. The molecule has 0 amide bonds. The summed E-state index contributed by atoms with van der Waals surface area (Å²) in [5.41, 5.74) is 1.79. The van der Waals surface area contributed by atoms with Gasteiger partial charge in [0.25, 0.3) is 0 Å². The van der Waals surface area contributed by atoms with Gasteiger partial charge in [-0.3, -0.25) is 5.43 Å². The van der Waals surface area contributed by atoms with E-state index in [9.17, 15) is 21.6 Å². The molecule has 1 aliphatic heterocycles. The molecule has 0 radical (unpaired) electrons. The summed E-state index contributed by atoms with van der Waals surface area (Å²) < 4.78 is 61.4. The molecule has 104 valence electrons. The van der Waals surface area contributed by atoms with E-state index < -0.39 is 33.5 Å². The minimum Gasteiger partial charge on any atom is -0.296 e. The molecule has 0 saturated carbocycles. The van der Waals surface area contributed by atoms with Gasteiger partial charge in [0, 0.05) is 11.4 Å². The second-order valence-electron chi connectivity index (χ2n) is 3.89. The molecular formula is C10H8ClF3N2O2S. The number of hydrogen-bond donors (Lipinski definition) is 1. The minimum atomic E-state index is -4.54. The predicted octanol–water partition coefficient (Wildman–Crippen LogP) is 2.35. The van der Waals surface area contributed by atoms with Crippen molar-refractivity contribution in [3.8, 4) is 0 Å². The van der Waals surface area contributed by atoms with Crippen LogP contribution >= 0.6 is 11.6 Å². The Morgan fingerprint density at radius 2 is 1.84 bits per heavy atom. The van der Waals surface area contributed by atoms with Gasteiger partial charge in [0.05, 0.1) is 4.90 Å². The lowest BCUT2D eigenvalue weighted by Crippen LogP contribution is -2.36. The first kappa shape index (κ1) is 14.1.